The number of nitrogens with two attached hydrogens (primary N) is 1. The van der Waals surface area contributed by atoms with Gasteiger partial charge in [-0.1, -0.05) is 18.2 Å². The number of hydrogen-bond acceptors (Lipinski definition) is 3. The molecule has 0 radical (unpaired) electrons. The van der Waals surface area contributed by atoms with Crippen molar-refractivity contribution in [1.29, 1.82) is 0 Å². The van der Waals surface area contributed by atoms with Crippen LogP contribution >= 0.6 is 0 Å². The lowest BCUT2D eigenvalue weighted by Crippen LogP contribution is -2.22. The summed E-state index contributed by atoms with van der Waals surface area (Å²) in [5.41, 5.74) is 6.05. The Balaban J connectivity index is 2.34. The van der Waals surface area contributed by atoms with Gasteiger partial charge in [-0.15, -0.1) is 0 Å². The summed E-state index contributed by atoms with van der Waals surface area (Å²) >= 11 is 0. The second-order valence-corrected chi connectivity index (χ2v) is 3.14. The summed E-state index contributed by atoms with van der Waals surface area (Å²) < 4.78 is 0. The maximum Gasteiger partial charge on any atom is 0.239 e. The summed E-state index contributed by atoms with van der Waals surface area (Å²) in [6, 6.07) is 11.4. The molecule has 0 aliphatic heterocycles. The number of para-hydroxylation sites is 1. The molecule has 1 heterocycles. The molecule has 2 rings (SSSR count). The first-order chi connectivity index (χ1) is 7.29. The van der Waals surface area contributed by atoms with Gasteiger partial charge >= 0.3 is 0 Å². The van der Waals surface area contributed by atoms with Crippen molar-refractivity contribution in [3.05, 3.63) is 36.4 Å². The fourth-order valence-electron chi connectivity index (χ4n) is 1.33. The second kappa shape index (κ2) is 4.06. The first-order valence-corrected chi connectivity index (χ1v) is 4.65. The van der Waals surface area contributed by atoms with Gasteiger partial charge in [0.1, 0.15) is 5.82 Å². The topological polar surface area (TPSA) is 68.0 Å². The molecule has 1 amide bonds. The molecule has 15 heavy (non-hydrogen) atoms. The summed E-state index contributed by atoms with van der Waals surface area (Å²) in [5, 5.41) is 3.65. The number of amides is 1. The molecule has 0 fully saturated rings. The summed E-state index contributed by atoms with van der Waals surface area (Å²) in [4.78, 5) is 15.3. The number of nitrogens with one attached hydrogen (secondary N) is 1. The zero-order valence-electron chi connectivity index (χ0n) is 8.10. The fraction of sp³-hybridized carbons (Fsp3) is 0.0909. The van der Waals surface area contributed by atoms with Gasteiger partial charge in [0.15, 0.2) is 0 Å². The smallest absolute Gasteiger partial charge is 0.239 e. The molecule has 0 aliphatic rings. The zero-order valence-corrected chi connectivity index (χ0v) is 8.10. The van der Waals surface area contributed by atoms with Crippen LogP contribution in [0.1, 0.15) is 0 Å². The van der Waals surface area contributed by atoms with Gasteiger partial charge in [-0.05, 0) is 18.2 Å². The standard InChI is InChI=1S/C11H11N3O/c12-7-11(15)14-10-6-5-8-3-1-2-4-9(8)13-10/h1-6H,7,12H2,(H,13,14,15). The molecular weight excluding hydrogens is 190 g/mol. The number of carbonyl (C=O) groups is 1. The Morgan fingerprint density at radius 3 is 2.87 bits per heavy atom. The molecule has 0 saturated carbocycles. The molecule has 4 nitrogen and oxygen atoms in total. The number of hydrogen-bond donors (Lipinski definition) is 2. The number of carbonyl (C=O) groups excluding carboxylic acids is 1. The maximum absolute atomic E-state index is 11.0. The predicted octanol–water partition coefficient (Wildman–Crippen LogP) is 1.13. The first-order valence-electron chi connectivity index (χ1n) is 4.65. The first kappa shape index (κ1) is 9.61. The third-order valence-corrected chi connectivity index (χ3v) is 2.05. The minimum atomic E-state index is -0.238. The highest BCUT2D eigenvalue weighted by Gasteiger charge is 2.00. The quantitative estimate of drug-likeness (QED) is 0.765. The summed E-state index contributed by atoms with van der Waals surface area (Å²) in [6.07, 6.45) is 0. The average molecular weight is 201 g/mol. The Hall–Kier alpha value is -1.94. The van der Waals surface area contributed by atoms with Crippen molar-refractivity contribution in [2.45, 2.75) is 0 Å². The molecule has 1 aromatic heterocycles. The number of pyridine rings is 1. The number of nitrogens with zero attached hydrogens (tertiary/aromatic N) is 1. The van der Waals surface area contributed by atoms with Crippen LogP contribution in [0.5, 0.6) is 0 Å². The van der Waals surface area contributed by atoms with Gasteiger partial charge in [0.25, 0.3) is 0 Å². The van der Waals surface area contributed by atoms with Gasteiger partial charge < -0.3 is 11.1 Å². The van der Waals surface area contributed by atoms with Crippen molar-refractivity contribution in [3.8, 4) is 0 Å². The Morgan fingerprint density at radius 2 is 2.07 bits per heavy atom. The van der Waals surface area contributed by atoms with Gasteiger partial charge in [-0.3, -0.25) is 4.79 Å². The van der Waals surface area contributed by atoms with Crippen molar-refractivity contribution in [2.24, 2.45) is 5.73 Å². The van der Waals surface area contributed by atoms with E-state index >= 15 is 0 Å². The zero-order chi connectivity index (χ0) is 10.7. The molecule has 0 aliphatic carbocycles. The lowest BCUT2D eigenvalue weighted by atomic mass is 10.2. The van der Waals surface area contributed by atoms with Crippen LogP contribution in [0.25, 0.3) is 10.9 Å². The Labute approximate surface area is 87.1 Å². The van der Waals surface area contributed by atoms with Crippen molar-refractivity contribution in [3.63, 3.8) is 0 Å². The highest BCUT2D eigenvalue weighted by Crippen LogP contribution is 2.14. The Morgan fingerprint density at radius 1 is 1.27 bits per heavy atom. The van der Waals surface area contributed by atoms with Crippen LogP contribution in [0.4, 0.5) is 5.82 Å². The van der Waals surface area contributed by atoms with E-state index in [4.69, 9.17) is 5.73 Å². The van der Waals surface area contributed by atoms with Crippen LogP contribution in [-0.4, -0.2) is 17.4 Å². The van der Waals surface area contributed by atoms with Crippen molar-refractivity contribution < 1.29 is 4.79 Å². The minimum Gasteiger partial charge on any atom is -0.322 e. The second-order valence-electron chi connectivity index (χ2n) is 3.14. The number of aromatic nitrogens is 1. The highest BCUT2D eigenvalue weighted by atomic mass is 16.1. The molecule has 0 saturated heterocycles. The minimum absolute atomic E-state index is 0.0332. The Bertz CT molecular complexity index is 496. The molecule has 0 bridgehead atoms. The van der Waals surface area contributed by atoms with E-state index in [2.05, 4.69) is 10.3 Å². The van der Waals surface area contributed by atoms with Crippen LogP contribution in [0.15, 0.2) is 36.4 Å². The van der Waals surface area contributed by atoms with E-state index in [1.807, 2.05) is 30.3 Å². The van der Waals surface area contributed by atoms with Gasteiger partial charge in [0.05, 0.1) is 12.1 Å². The largest absolute Gasteiger partial charge is 0.322 e. The molecule has 0 spiro atoms. The van der Waals surface area contributed by atoms with Gasteiger partial charge in [0, 0.05) is 5.39 Å². The summed E-state index contributed by atoms with van der Waals surface area (Å²) in [6.45, 7) is -0.0332. The molecule has 1 aromatic carbocycles. The maximum atomic E-state index is 11.0. The van der Waals surface area contributed by atoms with Crippen LogP contribution < -0.4 is 11.1 Å². The third kappa shape index (κ3) is 2.11. The molecule has 2 aromatic rings. The number of fused-ring (bicyclic) bond motifs is 1. The van der Waals surface area contributed by atoms with E-state index in [0.29, 0.717) is 5.82 Å². The van der Waals surface area contributed by atoms with Crippen LogP contribution in [0.2, 0.25) is 0 Å². The molecule has 76 valence electrons. The monoisotopic (exact) mass is 201 g/mol. The predicted molar refractivity (Wildman–Crippen MR) is 59.4 cm³/mol. The highest BCUT2D eigenvalue weighted by molar-refractivity contribution is 5.92. The number of rotatable bonds is 2. The van der Waals surface area contributed by atoms with Gasteiger partial charge in [0.2, 0.25) is 5.91 Å². The average Bonchev–Trinajstić information content (AvgIpc) is 2.29. The fourth-order valence-corrected chi connectivity index (χ4v) is 1.33. The summed E-state index contributed by atoms with van der Waals surface area (Å²) in [7, 11) is 0. The van der Waals surface area contributed by atoms with Gasteiger partial charge in [-0.2, -0.15) is 0 Å². The number of anilines is 1. The van der Waals surface area contributed by atoms with Crippen molar-refractivity contribution >= 4 is 22.6 Å². The number of benzene rings is 1. The van der Waals surface area contributed by atoms with E-state index < -0.39 is 0 Å². The van der Waals surface area contributed by atoms with E-state index in [0.717, 1.165) is 10.9 Å². The molecule has 0 atom stereocenters. The van der Waals surface area contributed by atoms with Crippen LogP contribution in [-0.2, 0) is 4.79 Å². The van der Waals surface area contributed by atoms with E-state index in [1.165, 1.54) is 0 Å². The third-order valence-electron chi connectivity index (χ3n) is 2.05. The van der Waals surface area contributed by atoms with Crippen molar-refractivity contribution in [1.82, 2.24) is 4.98 Å². The van der Waals surface area contributed by atoms with E-state index in [1.54, 1.807) is 6.07 Å². The molecule has 4 heteroatoms. The van der Waals surface area contributed by atoms with Crippen molar-refractivity contribution in [2.75, 3.05) is 11.9 Å². The van der Waals surface area contributed by atoms with E-state index in [-0.39, 0.29) is 12.5 Å². The van der Waals surface area contributed by atoms with E-state index in [9.17, 15) is 4.79 Å². The van der Waals surface area contributed by atoms with Crippen LogP contribution in [0, 0.1) is 0 Å². The Kier molecular flexibility index (Phi) is 2.60. The summed E-state index contributed by atoms with van der Waals surface area (Å²) in [5.74, 6) is 0.293. The van der Waals surface area contributed by atoms with Crippen LogP contribution in [0.3, 0.4) is 0 Å². The lowest BCUT2D eigenvalue weighted by molar-refractivity contribution is -0.114. The normalized spacial score (nSPS) is 10.2. The molecule has 0 unspecified atom stereocenters. The van der Waals surface area contributed by atoms with Gasteiger partial charge in [-0.25, -0.2) is 4.98 Å². The molecular formula is C11H11N3O. The molecule has 3 N–H and O–H groups in total. The lowest BCUT2D eigenvalue weighted by Gasteiger charge is -2.03. The SMILES string of the molecule is NCC(=O)Nc1ccc2ccccc2n1.